The summed E-state index contributed by atoms with van der Waals surface area (Å²) in [6.07, 6.45) is 1.62. The SMILES string of the molecule is Cc1ccc(NC(=O)C23CCC(C)(c4nc5cc(Cl)c(Cl)cc5nc42)C3(C)C)cc1. The number of amides is 1. The molecule has 1 aromatic heterocycles. The van der Waals surface area contributed by atoms with E-state index < -0.39 is 5.41 Å². The summed E-state index contributed by atoms with van der Waals surface area (Å²) in [5.41, 5.74) is 3.65. The highest BCUT2D eigenvalue weighted by Gasteiger charge is 2.73. The maximum absolute atomic E-state index is 13.8. The molecule has 1 amide bonds. The largest absolute Gasteiger partial charge is 0.325 e. The molecule has 4 nitrogen and oxygen atoms in total. The van der Waals surface area contributed by atoms with Gasteiger partial charge in [-0.3, -0.25) is 4.79 Å². The molecular weight excluding hydrogens is 417 g/mol. The predicted octanol–water partition coefficient (Wildman–Crippen LogP) is 6.21. The lowest BCUT2D eigenvalue weighted by Crippen LogP contribution is -2.48. The van der Waals surface area contributed by atoms with Crippen molar-refractivity contribution < 1.29 is 4.79 Å². The first-order chi connectivity index (χ1) is 14.1. The van der Waals surface area contributed by atoms with Crippen LogP contribution in [0.3, 0.4) is 0 Å². The average Bonchev–Trinajstić information content (AvgIpc) is 2.99. The van der Waals surface area contributed by atoms with E-state index in [0.717, 1.165) is 35.5 Å². The number of halogens is 2. The summed E-state index contributed by atoms with van der Waals surface area (Å²) in [5, 5.41) is 4.05. The number of benzene rings is 2. The van der Waals surface area contributed by atoms with Gasteiger partial charge in [-0.15, -0.1) is 0 Å². The number of aryl methyl sites for hydroxylation is 1. The van der Waals surface area contributed by atoms with Crippen LogP contribution in [-0.2, 0) is 15.6 Å². The maximum Gasteiger partial charge on any atom is 0.237 e. The highest BCUT2D eigenvalue weighted by atomic mass is 35.5. The van der Waals surface area contributed by atoms with E-state index in [9.17, 15) is 4.79 Å². The molecule has 0 aliphatic heterocycles. The molecule has 0 saturated heterocycles. The van der Waals surface area contributed by atoms with Crippen LogP contribution in [0.5, 0.6) is 0 Å². The Bertz CT molecular complexity index is 1220. The van der Waals surface area contributed by atoms with Gasteiger partial charge in [0.15, 0.2) is 0 Å². The van der Waals surface area contributed by atoms with Crippen LogP contribution in [0, 0.1) is 12.3 Å². The molecule has 2 unspecified atom stereocenters. The van der Waals surface area contributed by atoms with Gasteiger partial charge in [-0.1, -0.05) is 61.7 Å². The number of hydrogen-bond acceptors (Lipinski definition) is 3. The Morgan fingerprint density at radius 1 is 0.933 bits per heavy atom. The molecule has 30 heavy (non-hydrogen) atoms. The quantitative estimate of drug-likeness (QED) is 0.515. The molecule has 6 heteroatoms. The summed E-state index contributed by atoms with van der Waals surface area (Å²) in [6, 6.07) is 11.4. The summed E-state index contributed by atoms with van der Waals surface area (Å²) in [4.78, 5) is 23.8. The van der Waals surface area contributed by atoms with Crippen molar-refractivity contribution in [1.29, 1.82) is 0 Å². The second-order valence-corrected chi connectivity index (χ2v) is 10.2. The van der Waals surface area contributed by atoms with E-state index in [1.165, 1.54) is 0 Å². The van der Waals surface area contributed by atoms with Gasteiger partial charge in [0.05, 0.1) is 37.9 Å². The third kappa shape index (κ3) is 2.32. The molecule has 154 valence electrons. The zero-order valence-electron chi connectivity index (χ0n) is 17.4. The molecule has 3 aromatic rings. The molecule has 1 N–H and O–H groups in total. The molecule has 2 bridgehead atoms. The first-order valence-corrected chi connectivity index (χ1v) is 10.9. The Morgan fingerprint density at radius 3 is 2.10 bits per heavy atom. The average molecular weight is 440 g/mol. The van der Waals surface area contributed by atoms with Crippen LogP contribution in [0.15, 0.2) is 36.4 Å². The number of fused-ring (bicyclic) bond motifs is 6. The molecule has 5 rings (SSSR count). The van der Waals surface area contributed by atoms with Gasteiger partial charge in [-0.05, 0) is 49.4 Å². The van der Waals surface area contributed by atoms with Crippen molar-refractivity contribution in [3.8, 4) is 0 Å². The number of hydrogen-bond donors (Lipinski definition) is 1. The van der Waals surface area contributed by atoms with Crippen molar-refractivity contribution in [2.24, 2.45) is 5.41 Å². The van der Waals surface area contributed by atoms with E-state index in [0.29, 0.717) is 21.1 Å². The molecule has 2 aliphatic rings. The van der Waals surface area contributed by atoms with Crippen LogP contribution in [0.1, 0.15) is 50.6 Å². The van der Waals surface area contributed by atoms with Crippen LogP contribution in [-0.4, -0.2) is 15.9 Å². The highest BCUT2D eigenvalue weighted by Crippen LogP contribution is 2.70. The molecule has 0 radical (unpaired) electrons. The highest BCUT2D eigenvalue weighted by molar-refractivity contribution is 6.42. The number of aromatic nitrogens is 2. The summed E-state index contributed by atoms with van der Waals surface area (Å²) >= 11 is 12.5. The van der Waals surface area contributed by atoms with Crippen molar-refractivity contribution in [2.45, 2.75) is 51.4 Å². The topological polar surface area (TPSA) is 54.9 Å². The Balaban J connectivity index is 1.70. The summed E-state index contributed by atoms with van der Waals surface area (Å²) in [6.45, 7) is 8.57. The third-order valence-electron chi connectivity index (χ3n) is 7.78. The molecule has 2 aliphatic carbocycles. The first-order valence-electron chi connectivity index (χ1n) is 10.2. The van der Waals surface area contributed by atoms with Gasteiger partial charge in [0.1, 0.15) is 0 Å². The van der Waals surface area contributed by atoms with Crippen LogP contribution < -0.4 is 5.32 Å². The van der Waals surface area contributed by atoms with Crippen molar-refractivity contribution in [2.75, 3.05) is 5.32 Å². The monoisotopic (exact) mass is 439 g/mol. The normalized spacial score (nSPS) is 26.1. The number of anilines is 1. The van der Waals surface area contributed by atoms with Gasteiger partial charge in [-0.2, -0.15) is 0 Å². The van der Waals surface area contributed by atoms with Gasteiger partial charge >= 0.3 is 0 Å². The second-order valence-electron chi connectivity index (χ2n) is 9.36. The van der Waals surface area contributed by atoms with Gasteiger partial charge in [0, 0.05) is 11.1 Å². The first kappa shape index (κ1) is 19.8. The van der Waals surface area contributed by atoms with Gasteiger partial charge in [-0.25, -0.2) is 9.97 Å². The van der Waals surface area contributed by atoms with E-state index in [1.54, 1.807) is 12.1 Å². The summed E-state index contributed by atoms with van der Waals surface area (Å²) in [5.74, 6) is -0.0208. The second kappa shape index (κ2) is 6.18. The van der Waals surface area contributed by atoms with Crippen molar-refractivity contribution >= 4 is 45.8 Å². The van der Waals surface area contributed by atoms with Crippen LogP contribution >= 0.6 is 23.2 Å². The molecule has 2 aromatic carbocycles. The lowest BCUT2D eigenvalue weighted by Gasteiger charge is -2.39. The molecular formula is C24H23Cl2N3O. The minimum atomic E-state index is -0.755. The minimum Gasteiger partial charge on any atom is -0.325 e. The molecule has 1 heterocycles. The van der Waals surface area contributed by atoms with Gasteiger partial charge in [0.25, 0.3) is 0 Å². The van der Waals surface area contributed by atoms with Crippen molar-refractivity contribution in [3.05, 3.63) is 63.4 Å². The smallest absolute Gasteiger partial charge is 0.237 e. The number of carbonyl (C=O) groups is 1. The maximum atomic E-state index is 13.8. The summed E-state index contributed by atoms with van der Waals surface area (Å²) in [7, 11) is 0. The number of nitrogens with one attached hydrogen (secondary N) is 1. The lowest BCUT2D eigenvalue weighted by atomic mass is 9.63. The van der Waals surface area contributed by atoms with Gasteiger partial charge < -0.3 is 5.32 Å². The molecule has 2 atom stereocenters. The third-order valence-corrected chi connectivity index (χ3v) is 8.50. The fourth-order valence-electron chi connectivity index (χ4n) is 5.48. The zero-order chi connectivity index (χ0) is 21.5. The molecule has 1 saturated carbocycles. The van der Waals surface area contributed by atoms with E-state index in [2.05, 4.69) is 26.1 Å². The lowest BCUT2D eigenvalue weighted by molar-refractivity contribution is -0.125. The molecule has 1 fully saturated rings. The minimum absolute atomic E-state index is 0.0208. The summed E-state index contributed by atoms with van der Waals surface area (Å²) < 4.78 is 0. The van der Waals surface area contributed by atoms with E-state index in [1.807, 2.05) is 31.2 Å². The van der Waals surface area contributed by atoms with Gasteiger partial charge in [0.2, 0.25) is 5.91 Å². The fraction of sp³-hybridized carbons (Fsp3) is 0.375. The van der Waals surface area contributed by atoms with Crippen LogP contribution in [0.4, 0.5) is 5.69 Å². The number of carbonyl (C=O) groups excluding carboxylic acids is 1. The van der Waals surface area contributed by atoms with Crippen molar-refractivity contribution in [3.63, 3.8) is 0 Å². The zero-order valence-corrected chi connectivity index (χ0v) is 18.9. The van der Waals surface area contributed by atoms with Crippen molar-refractivity contribution in [1.82, 2.24) is 9.97 Å². The Morgan fingerprint density at radius 2 is 1.50 bits per heavy atom. The van der Waals surface area contributed by atoms with Crippen LogP contribution in [0.25, 0.3) is 11.0 Å². The standard InChI is InChI=1S/C24H23Cl2N3O/c1-13-5-7-14(8-6-13)27-21(30)24-10-9-23(4,22(24,2)3)19-20(24)29-18-12-16(26)15(25)11-17(18)28-19/h5-8,11-12H,9-10H2,1-4H3,(H,27,30). The predicted molar refractivity (Wildman–Crippen MR) is 121 cm³/mol. The Hall–Kier alpha value is -2.17. The number of nitrogens with zero attached hydrogens (tertiary/aromatic N) is 2. The van der Waals surface area contributed by atoms with E-state index in [4.69, 9.17) is 33.2 Å². The van der Waals surface area contributed by atoms with E-state index in [-0.39, 0.29) is 16.7 Å². The van der Waals surface area contributed by atoms with E-state index >= 15 is 0 Å². The Kier molecular flexibility index (Phi) is 4.07. The Labute approximate surface area is 186 Å². The number of rotatable bonds is 2. The van der Waals surface area contributed by atoms with Crippen LogP contribution in [0.2, 0.25) is 10.0 Å². The fourth-order valence-corrected chi connectivity index (χ4v) is 5.79. The molecule has 0 spiro atoms.